The molecule has 0 radical (unpaired) electrons. The number of nitrogens with one attached hydrogen (secondary N) is 1. The molecule has 2 heterocycles. The van der Waals surface area contributed by atoms with Gasteiger partial charge in [-0.2, -0.15) is 0 Å². The van der Waals surface area contributed by atoms with Crippen molar-refractivity contribution in [3.63, 3.8) is 0 Å². The van der Waals surface area contributed by atoms with E-state index in [1.807, 2.05) is 18.2 Å². The summed E-state index contributed by atoms with van der Waals surface area (Å²) in [6.07, 6.45) is 1.05. The lowest BCUT2D eigenvalue weighted by Gasteiger charge is -2.28. The lowest BCUT2D eigenvalue weighted by atomic mass is 10.1. The highest BCUT2D eigenvalue weighted by atomic mass is 16.6. The third-order valence-electron chi connectivity index (χ3n) is 3.34. The predicted molar refractivity (Wildman–Crippen MR) is 68.3 cm³/mol. The first kappa shape index (κ1) is 12.3. The Morgan fingerprint density at radius 3 is 2.74 bits per heavy atom. The molecule has 3 rings (SSSR count). The summed E-state index contributed by atoms with van der Waals surface area (Å²) in [5, 5.41) is 3.23. The molecule has 5 heteroatoms. The minimum Gasteiger partial charge on any atom is -0.485 e. The van der Waals surface area contributed by atoms with Crippen molar-refractivity contribution in [3.8, 4) is 11.5 Å². The standard InChI is InChI=1S/C14H17NO4/c16-14(18-10-5-7-15-8-6-10)13-9-17-11-3-1-2-4-12(11)19-13/h1-4,10,13,15H,5-9H2. The lowest BCUT2D eigenvalue weighted by molar-refractivity contribution is -0.161. The molecule has 2 aliphatic heterocycles. The van der Waals surface area contributed by atoms with Crippen molar-refractivity contribution in [2.24, 2.45) is 0 Å². The van der Waals surface area contributed by atoms with Gasteiger partial charge in [0.2, 0.25) is 6.10 Å². The van der Waals surface area contributed by atoms with E-state index < -0.39 is 6.10 Å². The van der Waals surface area contributed by atoms with Gasteiger partial charge in [-0.25, -0.2) is 4.79 Å². The third-order valence-corrected chi connectivity index (χ3v) is 3.34. The molecule has 1 aromatic carbocycles. The summed E-state index contributed by atoms with van der Waals surface area (Å²) < 4.78 is 16.6. The number of esters is 1. The fraction of sp³-hybridized carbons (Fsp3) is 0.500. The number of fused-ring (bicyclic) bond motifs is 1. The first-order valence-electron chi connectivity index (χ1n) is 6.62. The molecule has 1 atom stereocenters. The lowest BCUT2D eigenvalue weighted by Crippen LogP contribution is -2.41. The second-order valence-corrected chi connectivity index (χ2v) is 4.75. The maximum absolute atomic E-state index is 12.0. The van der Waals surface area contributed by atoms with Gasteiger partial charge < -0.3 is 19.5 Å². The normalized spacial score (nSPS) is 22.8. The van der Waals surface area contributed by atoms with Crippen LogP contribution < -0.4 is 14.8 Å². The van der Waals surface area contributed by atoms with Crippen LogP contribution in [0.5, 0.6) is 11.5 Å². The zero-order chi connectivity index (χ0) is 13.1. The zero-order valence-corrected chi connectivity index (χ0v) is 10.6. The summed E-state index contributed by atoms with van der Waals surface area (Å²) in [5.74, 6) is 0.941. The fourth-order valence-corrected chi connectivity index (χ4v) is 2.29. The van der Waals surface area contributed by atoms with Crippen LogP contribution in [0.15, 0.2) is 24.3 Å². The molecule has 0 aliphatic carbocycles. The molecule has 19 heavy (non-hydrogen) atoms. The molecule has 1 unspecified atom stereocenters. The molecule has 1 saturated heterocycles. The van der Waals surface area contributed by atoms with Gasteiger partial charge in [0.1, 0.15) is 12.7 Å². The number of piperidine rings is 1. The van der Waals surface area contributed by atoms with E-state index in [1.54, 1.807) is 6.07 Å². The van der Waals surface area contributed by atoms with Gasteiger partial charge in [-0.1, -0.05) is 12.1 Å². The van der Waals surface area contributed by atoms with E-state index in [9.17, 15) is 4.79 Å². The summed E-state index contributed by atoms with van der Waals surface area (Å²) in [6.45, 7) is 1.99. The molecule has 5 nitrogen and oxygen atoms in total. The Morgan fingerprint density at radius 2 is 1.95 bits per heavy atom. The van der Waals surface area contributed by atoms with E-state index in [-0.39, 0.29) is 18.7 Å². The molecule has 1 aromatic rings. The largest absolute Gasteiger partial charge is 0.485 e. The maximum atomic E-state index is 12.0. The van der Waals surface area contributed by atoms with E-state index in [0.29, 0.717) is 11.5 Å². The molecule has 2 aliphatic rings. The van der Waals surface area contributed by atoms with Crippen molar-refractivity contribution in [3.05, 3.63) is 24.3 Å². The molecule has 1 fully saturated rings. The van der Waals surface area contributed by atoms with E-state index in [0.717, 1.165) is 25.9 Å². The van der Waals surface area contributed by atoms with Crippen LogP contribution in [-0.2, 0) is 9.53 Å². The van der Waals surface area contributed by atoms with Gasteiger partial charge in [0.05, 0.1) is 0 Å². The van der Waals surface area contributed by atoms with Crippen LogP contribution in [0.25, 0.3) is 0 Å². The average molecular weight is 263 g/mol. The number of hydrogen-bond acceptors (Lipinski definition) is 5. The SMILES string of the molecule is O=C(OC1CCNCC1)C1COc2ccccc2O1. The van der Waals surface area contributed by atoms with Crippen LogP contribution in [-0.4, -0.2) is 37.9 Å². The highest BCUT2D eigenvalue weighted by molar-refractivity contribution is 5.76. The Hall–Kier alpha value is -1.75. The monoisotopic (exact) mass is 263 g/mol. The molecular weight excluding hydrogens is 246 g/mol. The average Bonchev–Trinajstić information content (AvgIpc) is 2.48. The Labute approximate surface area is 111 Å². The van der Waals surface area contributed by atoms with Gasteiger partial charge in [0.15, 0.2) is 11.5 Å². The van der Waals surface area contributed by atoms with Gasteiger partial charge in [-0.15, -0.1) is 0 Å². The number of para-hydroxylation sites is 2. The second kappa shape index (κ2) is 5.48. The van der Waals surface area contributed by atoms with E-state index in [1.165, 1.54) is 0 Å². The smallest absolute Gasteiger partial charge is 0.351 e. The first-order valence-corrected chi connectivity index (χ1v) is 6.62. The van der Waals surface area contributed by atoms with Gasteiger partial charge in [0, 0.05) is 0 Å². The molecule has 0 amide bonds. The number of benzene rings is 1. The summed E-state index contributed by atoms with van der Waals surface area (Å²) >= 11 is 0. The van der Waals surface area contributed by atoms with Crippen LogP contribution in [0.1, 0.15) is 12.8 Å². The summed E-state index contributed by atoms with van der Waals surface area (Å²) in [7, 11) is 0. The molecular formula is C14H17NO4. The Morgan fingerprint density at radius 1 is 1.21 bits per heavy atom. The highest BCUT2D eigenvalue weighted by Crippen LogP contribution is 2.31. The van der Waals surface area contributed by atoms with Gasteiger partial charge in [-0.3, -0.25) is 0 Å². The molecule has 1 N–H and O–H groups in total. The van der Waals surface area contributed by atoms with Gasteiger partial charge in [-0.05, 0) is 38.1 Å². The van der Waals surface area contributed by atoms with Crippen molar-refractivity contribution < 1.29 is 19.0 Å². The summed E-state index contributed by atoms with van der Waals surface area (Å²) in [6, 6.07) is 7.33. The minimum atomic E-state index is -0.662. The van der Waals surface area contributed by atoms with Gasteiger partial charge in [0.25, 0.3) is 0 Å². The van der Waals surface area contributed by atoms with Gasteiger partial charge >= 0.3 is 5.97 Å². The first-order chi connectivity index (χ1) is 9.33. The summed E-state index contributed by atoms with van der Waals surface area (Å²) in [4.78, 5) is 12.0. The van der Waals surface area contributed by atoms with Crippen molar-refractivity contribution in [2.75, 3.05) is 19.7 Å². The minimum absolute atomic E-state index is 0.00507. The molecule has 0 spiro atoms. The Bertz CT molecular complexity index is 457. The van der Waals surface area contributed by atoms with Crippen molar-refractivity contribution in [1.29, 1.82) is 0 Å². The number of carbonyl (C=O) groups excluding carboxylic acids is 1. The third kappa shape index (κ3) is 2.81. The molecule has 102 valence electrons. The number of rotatable bonds is 2. The zero-order valence-electron chi connectivity index (χ0n) is 10.6. The number of ether oxygens (including phenoxy) is 3. The van der Waals surface area contributed by atoms with Crippen molar-refractivity contribution in [2.45, 2.75) is 25.0 Å². The van der Waals surface area contributed by atoms with E-state index in [4.69, 9.17) is 14.2 Å². The van der Waals surface area contributed by atoms with Crippen LogP contribution in [0.4, 0.5) is 0 Å². The predicted octanol–water partition coefficient (Wildman–Crippen LogP) is 1.12. The van der Waals surface area contributed by atoms with Crippen LogP contribution in [0.2, 0.25) is 0 Å². The topological polar surface area (TPSA) is 56.8 Å². The van der Waals surface area contributed by atoms with Crippen molar-refractivity contribution >= 4 is 5.97 Å². The van der Waals surface area contributed by atoms with E-state index >= 15 is 0 Å². The number of carbonyl (C=O) groups is 1. The highest BCUT2D eigenvalue weighted by Gasteiger charge is 2.30. The van der Waals surface area contributed by atoms with Crippen LogP contribution in [0, 0.1) is 0 Å². The number of hydrogen-bond donors (Lipinski definition) is 1. The molecule has 0 aromatic heterocycles. The van der Waals surface area contributed by atoms with E-state index in [2.05, 4.69) is 5.32 Å². The van der Waals surface area contributed by atoms with Crippen LogP contribution in [0.3, 0.4) is 0 Å². The quantitative estimate of drug-likeness (QED) is 0.810. The second-order valence-electron chi connectivity index (χ2n) is 4.75. The fourth-order valence-electron chi connectivity index (χ4n) is 2.29. The summed E-state index contributed by atoms with van der Waals surface area (Å²) in [5.41, 5.74) is 0. The van der Waals surface area contributed by atoms with Crippen molar-refractivity contribution in [1.82, 2.24) is 5.32 Å². The Balaban J connectivity index is 1.59. The molecule has 0 bridgehead atoms. The molecule has 0 saturated carbocycles. The Kier molecular flexibility index (Phi) is 3.55. The maximum Gasteiger partial charge on any atom is 0.351 e. The van der Waals surface area contributed by atoms with Crippen LogP contribution >= 0.6 is 0 Å².